The van der Waals surface area contributed by atoms with Gasteiger partial charge in [0.2, 0.25) is 11.8 Å². The van der Waals surface area contributed by atoms with Crippen molar-refractivity contribution in [3.63, 3.8) is 0 Å². The molecule has 2 rings (SSSR count). The molecule has 0 radical (unpaired) electrons. The summed E-state index contributed by atoms with van der Waals surface area (Å²) < 4.78 is 5.01. The molecular weight excluding hydrogens is 360 g/mol. The molecule has 1 aromatic carbocycles. The molecule has 0 bridgehead atoms. The molecule has 0 spiro atoms. The van der Waals surface area contributed by atoms with E-state index in [4.69, 9.17) is 16.3 Å². The van der Waals surface area contributed by atoms with Crippen molar-refractivity contribution in [2.24, 2.45) is 0 Å². The number of benzene rings is 1. The van der Waals surface area contributed by atoms with Crippen LogP contribution < -0.4 is 5.32 Å². The summed E-state index contributed by atoms with van der Waals surface area (Å²) in [6.45, 7) is 2.70. The largest absolute Gasteiger partial charge is 0.375 e. The first-order chi connectivity index (χ1) is 12.1. The summed E-state index contributed by atoms with van der Waals surface area (Å²) in [5.41, 5.74) is 0.847. The number of methoxy groups -OCH3 is 1. The zero-order valence-corrected chi connectivity index (χ0v) is 16.2. The van der Waals surface area contributed by atoms with Crippen LogP contribution in [-0.2, 0) is 14.3 Å². The zero-order valence-electron chi connectivity index (χ0n) is 14.7. The van der Waals surface area contributed by atoms with Crippen LogP contribution in [0.1, 0.15) is 37.1 Å². The third kappa shape index (κ3) is 5.12. The van der Waals surface area contributed by atoms with Crippen molar-refractivity contribution in [3.05, 3.63) is 34.9 Å². The van der Waals surface area contributed by atoms with Crippen molar-refractivity contribution in [2.45, 2.75) is 37.6 Å². The van der Waals surface area contributed by atoms with Gasteiger partial charge in [-0.2, -0.15) is 0 Å². The van der Waals surface area contributed by atoms with Crippen molar-refractivity contribution < 1.29 is 14.3 Å². The molecule has 0 unspecified atom stereocenters. The van der Waals surface area contributed by atoms with Gasteiger partial charge in [0.1, 0.15) is 18.0 Å². The lowest BCUT2D eigenvalue weighted by molar-refractivity contribution is -0.142. The SMILES string of the molecule is CCCCCNC(=O)[C@H]1CS[C@H](c2ccccc2Cl)N1C(=O)COC. The summed E-state index contributed by atoms with van der Waals surface area (Å²) in [5, 5.41) is 3.27. The highest BCUT2D eigenvalue weighted by Crippen LogP contribution is 2.43. The Kier molecular flexibility index (Phi) is 8.06. The number of carbonyl (C=O) groups excluding carboxylic acids is 2. The van der Waals surface area contributed by atoms with Gasteiger partial charge in [0.25, 0.3) is 0 Å². The summed E-state index contributed by atoms with van der Waals surface area (Å²) in [6, 6.07) is 6.93. The third-order valence-electron chi connectivity index (χ3n) is 4.11. The van der Waals surface area contributed by atoms with Gasteiger partial charge < -0.3 is 15.0 Å². The second-order valence-electron chi connectivity index (χ2n) is 5.96. The van der Waals surface area contributed by atoms with Crippen LogP contribution in [0.15, 0.2) is 24.3 Å². The average Bonchev–Trinajstić information content (AvgIpc) is 3.04. The summed E-state index contributed by atoms with van der Waals surface area (Å²) in [6.07, 6.45) is 3.12. The van der Waals surface area contributed by atoms with E-state index >= 15 is 0 Å². The van der Waals surface area contributed by atoms with Crippen molar-refractivity contribution in [1.82, 2.24) is 10.2 Å². The van der Waals surface area contributed by atoms with Gasteiger partial charge >= 0.3 is 0 Å². The Morgan fingerprint density at radius 2 is 2.12 bits per heavy atom. The van der Waals surface area contributed by atoms with Crippen molar-refractivity contribution in [2.75, 3.05) is 26.0 Å². The maximum Gasteiger partial charge on any atom is 0.250 e. The lowest BCUT2D eigenvalue weighted by atomic mass is 10.1. The molecule has 2 amide bonds. The van der Waals surface area contributed by atoms with Crippen molar-refractivity contribution in [1.29, 1.82) is 0 Å². The molecule has 5 nitrogen and oxygen atoms in total. The number of hydrogen-bond donors (Lipinski definition) is 1. The lowest BCUT2D eigenvalue weighted by Gasteiger charge is -2.29. The normalized spacial score (nSPS) is 19.9. The maximum absolute atomic E-state index is 12.6. The predicted octanol–water partition coefficient (Wildman–Crippen LogP) is 3.24. The van der Waals surface area contributed by atoms with E-state index in [1.165, 1.54) is 7.11 Å². The molecule has 0 saturated carbocycles. The Bertz CT molecular complexity index is 599. The number of unbranched alkanes of at least 4 members (excludes halogenated alkanes) is 2. The van der Waals surface area contributed by atoms with Gasteiger partial charge in [-0.15, -0.1) is 11.8 Å². The molecule has 1 heterocycles. The van der Waals surface area contributed by atoms with Gasteiger partial charge in [-0.3, -0.25) is 9.59 Å². The molecule has 1 aliphatic heterocycles. The Morgan fingerprint density at radius 1 is 1.36 bits per heavy atom. The van der Waals surface area contributed by atoms with Gasteiger partial charge in [0, 0.05) is 30.0 Å². The van der Waals surface area contributed by atoms with E-state index in [1.54, 1.807) is 22.7 Å². The van der Waals surface area contributed by atoms with Gasteiger partial charge in [-0.05, 0) is 12.5 Å². The first-order valence-corrected chi connectivity index (χ1v) is 9.96. The predicted molar refractivity (Wildman–Crippen MR) is 102 cm³/mol. The molecule has 0 aliphatic carbocycles. The average molecular weight is 385 g/mol. The van der Waals surface area contributed by atoms with E-state index in [1.807, 2.05) is 18.2 Å². The smallest absolute Gasteiger partial charge is 0.250 e. The minimum absolute atomic E-state index is 0.0544. The molecule has 1 N–H and O–H groups in total. The van der Waals surface area contributed by atoms with Crippen molar-refractivity contribution in [3.8, 4) is 0 Å². The standard InChI is InChI=1S/C18H25ClN2O3S/c1-3-4-7-10-20-17(23)15-12-25-18(21(15)16(22)11-24-2)13-8-5-6-9-14(13)19/h5-6,8-9,15,18H,3-4,7,10-12H2,1-2H3,(H,20,23)/t15-,18-/m1/s1. The van der Waals surface area contributed by atoms with Crippen LogP contribution in [0.25, 0.3) is 0 Å². The number of thioether (sulfide) groups is 1. The molecule has 1 fully saturated rings. The molecule has 25 heavy (non-hydrogen) atoms. The summed E-state index contributed by atoms with van der Waals surface area (Å²) in [7, 11) is 1.48. The zero-order chi connectivity index (χ0) is 18.2. The molecule has 7 heteroatoms. The number of nitrogens with one attached hydrogen (secondary N) is 1. The van der Waals surface area contributed by atoms with Gasteiger partial charge in [-0.1, -0.05) is 49.6 Å². The Hall–Kier alpha value is -1.24. The second-order valence-corrected chi connectivity index (χ2v) is 7.48. The Labute approximate surface area is 158 Å². The number of rotatable bonds is 8. The third-order valence-corrected chi connectivity index (χ3v) is 5.76. The fourth-order valence-electron chi connectivity index (χ4n) is 2.83. The van der Waals surface area contributed by atoms with E-state index in [-0.39, 0.29) is 23.8 Å². The van der Waals surface area contributed by atoms with Crippen LogP contribution in [0, 0.1) is 0 Å². The summed E-state index contributed by atoms with van der Waals surface area (Å²) in [5.74, 6) is 0.235. The Morgan fingerprint density at radius 3 is 2.80 bits per heavy atom. The molecule has 2 atom stereocenters. The number of carbonyl (C=O) groups is 2. The fourth-order valence-corrected chi connectivity index (χ4v) is 4.62. The van der Waals surface area contributed by atoms with Crippen LogP contribution >= 0.6 is 23.4 Å². The molecule has 1 aromatic rings. The summed E-state index contributed by atoms with van der Waals surface area (Å²) >= 11 is 7.87. The number of hydrogen-bond acceptors (Lipinski definition) is 4. The quantitative estimate of drug-likeness (QED) is 0.699. The van der Waals surface area contributed by atoms with Crippen LogP contribution in [0.3, 0.4) is 0 Å². The molecule has 1 aliphatic rings. The van der Waals surface area contributed by atoms with E-state index < -0.39 is 6.04 Å². The van der Waals surface area contributed by atoms with E-state index in [9.17, 15) is 9.59 Å². The molecule has 1 saturated heterocycles. The molecule has 0 aromatic heterocycles. The van der Waals surface area contributed by atoms with Gasteiger partial charge in [0.15, 0.2) is 0 Å². The minimum atomic E-state index is -0.504. The number of halogens is 1. The maximum atomic E-state index is 12.6. The van der Waals surface area contributed by atoms with Gasteiger partial charge in [0.05, 0.1) is 0 Å². The van der Waals surface area contributed by atoms with Crippen LogP contribution in [0.2, 0.25) is 5.02 Å². The second kappa shape index (κ2) is 10.0. The van der Waals surface area contributed by atoms with E-state index in [0.717, 1.165) is 24.8 Å². The minimum Gasteiger partial charge on any atom is -0.375 e. The van der Waals surface area contributed by atoms with E-state index in [0.29, 0.717) is 17.3 Å². The topological polar surface area (TPSA) is 58.6 Å². The first kappa shape index (κ1) is 20.1. The van der Waals surface area contributed by atoms with Crippen molar-refractivity contribution >= 4 is 35.2 Å². The lowest BCUT2D eigenvalue weighted by Crippen LogP contribution is -2.49. The monoisotopic (exact) mass is 384 g/mol. The highest BCUT2D eigenvalue weighted by molar-refractivity contribution is 7.99. The number of ether oxygens (including phenoxy) is 1. The highest BCUT2D eigenvalue weighted by Gasteiger charge is 2.42. The Balaban J connectivity index is 2.15. The van der Waals surface area contributed by atoms with Gasteiger partial charge in [-0.25, -0.2) is 0 Å². The van der Waals surface area contributed by atoms with Crippen LogP contribution in [-0.4, -0.2) is 48.8 Å². The highest BCUT2D eigenvalue weighted by atomic mass is 35.5. The van der Waals surface area contributed by atoms with E-state index in [2.05, 4.69) is 12.2 Å². The van der Waals surface area contributed by atoms with Crippen LogP contribution in [0.4, 0.5) is 0 Å². The molecule has 138 valence electrons. The first-order valence-electron chi connectivity index (χ1n) is 8.54. The molecular formula is C18H25ClN2O3S. The fraction of sp³-hybridized carbons (Fsp3) is 0.556. The summed E-state index contributed by atoms with van der Waals surface area (Å²) in [4.78, 5) is 26.8. The number of amides is 2. The number of nitrogens with zero attached hydrogens (tertiary/aromatic N) is 1. The van der Waals surface area contributed by atoms with Crippen LogP contribution in [0.5, 0.6) is 0 Å².